The van der Waals surface area contributed by atoms with E-state index in [1.807, 2.05) is 12.1 Å². The number of benzene rings is 4. The highest BCUT2D eigenvalue weighted by molar-refractivity contribution is 6.07. The molecule has 5 aromatic rings. The van der Waals surface area contributed by atoms with Crippen molar-refractivity contribution in [1.29, 1.82) is 10.5 Å². The Bertz CT molecular complexity index is 2520. The molecule has 0 spiro atoms. The van der Waals surface area contributed by atoms with E-state index in [1.54, 1.807) is 36.4 Å². The highest BCUT2D eigenvalue weighted by Gasteiger charge is 2.37. The highest BCUT2D eigenvalue weighted by atomic mass is 19.4. The fraction of sp³-hybridized carbons (Fsp3) is 0.0526. The van der Waals surface area contributed by atoms with Crippen LogP contribution in [0.3, 0.4) is 0 Å². The molecule has 1 aromatic heterocycles. The van der Waals surface area contributed by atoms with Gasteiger partial charge >= 0.3 is 12.4 Å². The van der Waals surface area contributed by atoms with Gasteiger partial charge in [0, 0.05) is 22.3 Å². The van der Waals surface area contributed by atoms with E-state index in [0.29, 0.717) is 38.9 Å². The van der Waals surface area contributed by atoms with Gasteiger partial charge in [-0.3, -0.25) is 0 Å². The van der Waals surface area contributed by atoms with Crippen molar-refractivity contribution in [2.75, 3.05) is 0 Å². The normalized spacial score (nSPS) is 14.6. The van der Waals surface area contributed by atoms with Crippen LogP contribution in [0.5, 0.6) is 0 Å². The molecule has 0 amide bonds. The van der Waals surface area contributed by atoms with Crippen LogP contribution in [0.15, 0.2) is 96.3 Å². The van der Waals surface area contributed by atoms with Gasteiger partial charge in [-0.15, -0.1) is 0 Å². The van der Waals surface area contributed by atoms with Gasteiger partial charge in [0.15, 0.2) is 0 Å². The fourth-order valence-electron chi connectivity index (χ4n) is 6.17. The van der Waals surface area contributed by atoms with Crippen LogP contribution < -0.4 is 0 Å². The first-order chi connectivity index (χ1) is 23.9. The van der Waals surface area contributed by atoms with E-state index < -0.39 is 23.5 Å². The monoisotopic (exact) mass is 668 g/mol. The van der Waals surface area contributed by atoms with Gasteiger partial charge in [-0.1, -0.05) is 48.5 Å². The Labute approximate surface area is 279 Å². The van der Waals surface area contributed by atoms with Crippen molar-refractivity contribution >= 4 is 11.1 Å². The summed E-state index contributed by atoms with van der Waals surface area (Å²) in [6.45, 7) is 15.4. The Balaban J connectivity index is 1.42. The van der Waals surface area contributed by atoms with Crippen molar-refractivity contribution in [3.05, 3.63) is 153 Å². The molecule has 7 rings (SSSR count). The zero-order valence-corrected chi connectivity index (χ0v) is 25.0. The lowest BCUT2D eigenvalue weighted by Gasteiger charge is -2.10. The maximum absolute atomic E-state index is 13.5. The van der Waals surface area contributed by atoms with E-state index in [1.165, 1.54) is 24.3 Å². The molecule has 0 unspecified atom stereocenters. The molecule has 6 nitrogen and oxygen atoms in total. The van der Waals surface area contributed by atoms with Crippen molar-refractivity contribution in [1.82, 2.24) is 9.97 Å². The summed E-state index contributed by atoms with van der Waals surface area (Å²) in [4.78, 5) is 16.5. The lowest BCUT2D eigenvalue weighted by Crippen LogP contribution is -2.04. The molecular formula is C38H14F6N6. The second-order valence-corrected chi connectivity index (χ2v) is 11.2. The van der Waals surface area contributed by atoms with Gasteiger partial charge in [-0.2, -0.15) is 26.3 Å². The summed E-state index contributed by atoms with van der Waals surface area (Å²) in [5, 5.41) is 19.9. The number of halogens is 6. The molecule has 0 N–H and O–H groups in total. The number of fused-ring (bicyclic) bond motifs is 6. The lowest BCUT2D eigenvalue weighted by atomic mass is 9.96. The summed E-state index contributed by atoms with van der Waals surface area (Å²) in [5.41, 5.74) is 2.01. The average molecular weight is 669 g/mol. The molecule has 0 aliphatic heterocycles. The van der Waals surface area contributed by atoms with E-state index in [0.717, 1.165) is 24.3 Å². The number of hydrogen-bond acceptors (Lipinski definition) is 4. The Hall–Kier alpha value is -7.02. The minimum Gasteiger partial charge on any atom is -0.245 e. The fourth-order valence-corrected chi connectivity index (χ4v) is 6.17. The first-order valence-corrected chi connectivity index (χ1v) is 14.5. The molecule has 238 valence electrons. The lowest BCUT2D eigenvalue weighted by molar-refractivity contribution is -0.138. The molecule has 50 heavy (non-hydrogen) atoms. The summed E-state index contributed by atoms with van der Waals surface area (Å²) >= 11 is 0. The van der Waals surface area contributed by atoms with Crippen LogP contribution in [0.4, 0.5) is 26.3 Å². The van der Waals surface area contributed by atoms with Crippen LogP contribution >= 0.6 is 0 Å². The van der Waals surface area contributed by atoms with Crippen LogP contribution in [0.2, 0.25) is 0 Å². The summed E-state index contributed by atoms with van der Waals surface area (Å²) in [5.74, 6) is 0. The number of nitriles is 2. The number of alkyl halides is 6. The Morgan fingerprint density at radius 2 is 0.960 bits per heavy atom. The summed E-state index contributed by atoms with van der Waals surface area (Å²) in [7, 11) is 0. The van der Waals surface area contributed by atoms with E-state index in [-0.39, 0.29) is 50.9 Å². The summed E-state index contributed by atoms with van der Waals surface area (Å²) < 4.78 is 80.0. The molecule has 0 bridgehead atoms. The van der Waals surface area contributed by atoms with Crippen molar-refractivity contribution in [3.63, 3.8) is 0 Å². The van der Waals surface area contributed by atoms with Gasteiger partial charge < -0.3 is 0 Å². The van der Waals surface area contributed by atoms with E-state index in [4.69, 9.17) is 23.1 Å². The first-order valence-electron chi connectivity index (χ1n) is 14.5. The smallest absolute Gasteiger partial charge is 0.245 e. The minimum atomic E-state index is -4.58. The van der Waals surface area contributed by atoms with Gasteiger partial charge in [-0.05, 0) is 69.8 Å². The molecule has 2 aliphatic carbocycles. The maximum atomic E-state index is 13.5. The van der Waals surface area contributed by atoms with Gasteiger partial charge in [-0.25, -0.2) is 30.2 Å². The molecule has 0 saturated carbocycles. The topological polar surface area (TPSA) is 82.1 Å². The average Bonchev–Trinajstić information content (AvgIpc) is 3.59. The predicted molar refractivity (Wildman–Crippen MR) is 170 cm³/mol. The van der Waals surface area contributed by atoms with Crippen molar-refractivity contribution in [2.45, 2.75) is 12.4 Å². The van der Waals surface area contributed by atoms with Crippen molar-refractivity contribution in [2.24, 2.45) is 0 Å². The molecule has 1 heterocycles. The van der Waals surface area contributed by atoms with Crippen LogP contribution in [-0.2, 0) is 12.4 Å². The third-order valence-electron chi connectivity index (χ3n) is 8.44. The van der Waals surface area contributed by atoms with Crippen LogP contribution in [0, 0.1) is 35.8 Å². The summed E-state index contributed by atoms with van der Waals surface area (Å²) in [6, 6.07) is 22.7. The van der Waals surface area contributed by atoms with E-state index in [9.17, 15) is 36.9 Å². The Morgan fingerprint density at radius 1 is 0.520 bits per heavy atom. The molecule has 2 aliphatic rings. The third kappa shape index (κ3) is 4.95. The van der Waals surface area contributed by atoms with Gasteiger partial charge in [0.25, 0.3) is 11.4 Å². The largest absolute Gasteiger partial charge is 0.416 e. The minimum absolute atomic E-state index is 0.127. The Morgan fingerprint density at radius 3 is 1.40 bits per heavy atom. The second kappa shape index (κ2) is 11.3. The number of rotatable bonds is 2. The molecule has 0 saturated heterocycles. The Kier molecular flexibility index (Phi) is 7.14. The summed E-state index contributed by atoms with van der Waals surface area (Å²) in [6.07, 6.45) is -9.10. The number of hydrogen-bond donors (Lipinski definition) is 0. The number of aromatic nitrogens is 2. The van der Waals surface area contributed by atoms with Crippen LogP contribution in [0.25, 0.3) is 65.6 Å². The standard InChI is InChI=1S/C38H14F6N6/c1-47-29(17-45)31-27-15-21(19-6-10-23(11-7-19)37(39,40)41)8-12-25(27)33-35(31)50-34-26-13-9-22(20-4-3-5-24(14-20)38(42,43)44)16-28(26)32(36(34)49-33)30(18-46)48-2/h3-16H/b31-29-,32-30+. The number of nitrogens with zero attached hydrogens (tertiary/aromatic N) is 6. The zero-order valence-electron chi connectivity index (χ0n) is 25.0. The maximum Gasteiger partial charge on any atom is 0.416 e. The van der Waals surface area contributed by atoms with E-state index in [2.05, 4.69) is 9.69 Å². The molecule has 0 radical (unpaired) electrons. The first kappa shape index (κ1) is 31.6. The quantitative estimate of drug-likeness (QED) is 0.104. The SMILES string of the molecule is [C-]#[N+]/C(C#N)=C1/c2cc(-c3ccc(C(F)(F)F)cc3)ccc2-c2nc3c(nc21)-c1ccc(-c2cccc(C(F)(F)F)c2)cc1/C3=C(/C#N)[N+]#[C-]. The number of allylic oxidation sites excluding steroid dienone is 2. The molecule has 12 heteroatoms. The van der Waals surface area contributed by atoms with Crippen molar-refractivity contribution < 1.29 is 26.3 Å². The molecule has 4 aromatic carbocycles. The third-order valence-corrected chi connectivity index (χ3v) is 8.44. The van der Waals surface area contributed by atoms with Gasteiger partial charge in [0.05, 0.1) is 59.2 Å². The molecule has 0 atom stereocenters. The van der Waals surface area contributed by atoms with Crippen LogP contribution in [0.1, 0.15) is 33.6 Å². The highest BCUT2D eigenvalue weighted by Crippen LogP contribution is 2.51. The second-order valence-electron chi connectivity index (χ2n) is 11.2. The van der Waals surface area contributed by atoms with Crippen molar-refractivity contribution in [3.8, 4) is 56.9 Å². The zero-order chi connectivity index (χ0) is 35.5. The van der Waals surface area contributed by atoms with Crippen LogP contribution in [-0.4, -0.2) is 9.97 Å². The van der Waals surface area contributed by atoms with E-state index >= 15 is 0 Å². The van der Waals surface area contributed by atoms with Gasteiger partial charge in [0.1, 0.15) is 0 Å². The molecule has 0 fully saturated rings. The predicted octanol–water partition coefficient (Wildman–Crippen LogP) is 10.2. The molecular weight excluding hydrogens is 654 g/mol. The van der Waals surface area contributed by atoms with Gasteiger partial charge in [0.2, 0.25) is 0 Å².